The van der Waals surface area contributed by atoms with Gasteiger partial charge in [0.25, 0.3) is 5.91 Å². The molecule has 0 unspecified atom stereocenters. The Morgan fingerprint density at radius 1 is 1.38 bits per heavy atom. The number of carbonyl (C=O) groups excluding carboxylic acids is 3. The van der Waals surface area contributed by atoms with E-state index in [1.54, 1.807) is 23.6 Å². The summed E-state index contributed by atoms with van der Waals surface area (Å²) in [5.74, 6) is -0.826. The Kier molecular flexibility index (Phi) is 4.89. The summed E-state index contributed by atoms with van der Waals surface area (Å²) in [4.78, 5) is 44.3. The minimum absolute atomic E-state index is 0.0554. The normalized spacial score (nSPS) is 21.9. The second-order valence-corrected chi connectivity index (χ2v) is 7.76. The summed E-state index contributed by atoms with van der Waals surface area (Å²) in [5.41, 5.74) is -1.09. The van der Waals surface area contributed by atoms with Crippen LogP contribution in [0.5, 0.6) is 0 Å². The molecular formula is C20H24N4O5. The molecule has 1 aliphatic carbocycles. The van der Waals surface area contributed by atoms with Crippen LogP contribution in [0, 0.1) is 0 Å². The van der Waals surface area contributed by atoms with Crippen molar-refractivity contribution in [1.82, 2.24) is 19.8 Å². The van der Waals surface area contributed by atoms with Crippen LogP contribution >= 0.6 is 0 Å². The summed E-state index contributed by atoms with van der Waals surface area (Å²) in [6.45, 7) is 2.02. The van der Waals surface area contributed by atoms with Crippen LogP contribution in [-0.2, 0) is 22.6 Å². The number of carbonyl (C=O) groups is 3. The van der Waals surface area contributed by atoms with Crippen molar-refractivity contribution < 1.29 is 23.5 Å². The lowest BCUT2D eigenvalue weighted by molar-refractivity contribution is -0.134. The van der Waals surface area contributed by atoms with Crippen LogP contribution in [-0.4, -0.2) is 50.9 Å². The molecule has 1 N–H and O–H groups in total. The van der Waals surface area contributed by atoms with Gasteiger partial charge < -0.3 is 23.9 Å². The van der Waals surface area contributed by atoms with Crippen molar-refractivity contribution in [2.45, 2.75) is 57.3 Å². The molecule has 1 fully saturated rings. The third-order valence-electron chi connectivity index (χ3n) is 5.81. The summed E-state index contributed by atoms with van der Waals surface area (Å²) in [5, 5.41) is 3.10. The van der Waals surface area contributed by atoms with Crippen LogP contribution in [0.4, 0.5) is 0 Å². The number of rotatable bonds is 5. The van der Waals surface area contributed by atoms with E-state index in [4.69, 9.17) is 9.15 Å². The second kappa shape index (κ2) is 7.38. The Hall–Kier alpha value is -3.10. The van der Waals surface area contributed by atoms with Crippen LogP contribution in [0.1, 0.15) is 59.3 Å². The molecule has 2 aliphatic rings. The highest BCUT2D eigenvalue weighted by Crippen LogP contribution is 2.31. The fourth-order valence-electron chi connectivity index (χ4n) is 4.15. The summed E-state index contributed by atoms with van der Waals surface area (Å²) < 4.78 is 11.7. The van der Waals surface area contributed by atoms with Gasteiger partial charge in [0.05, 0.1) is 32.8 Å². The van der Waals surface area contributed by atoms with Gasteiger partial charge in [-0.2, -0.15) is 0 Å². The molecule has 154 valence electrons. The van der Waals surface area contributed by atoms with Gasteiger partial charge in [0.15, 0.2) is 5.69 Å². The topological polar surface area (TPSA) is 107 Å². The maximum atomic E-state index is 13.4. The predicted molar refractivity (Wildman–Crippen MR) is 101 cm³/mol. The number of nitrogens with one attached hydrogen (secondary N) is 1. The van der Waals surface area contributed by atoms with Gasteiger partial charge in [-0.1, -0.05) is 12.8 Å². The molecule has 29 heavy (non-hydrogen) atoms. The Morgan fingerprint density at radius 2 is 2.14 bits per heavy atom. The summed E-state index contributed by atoms with van der Waals surface area (Å²) >= 11 is 0. The number of methoxy groups -OCH3 is 1. The minimum Gasteiger partial charge on any atom is -0.467 e. The summed E-state index contributed by atoms with van der Waals surface area (Å²) in [6.07, 6.45) is 6.98. The number of fused-ring (bicyclic) bond motifs is 1. The number of furan rings is 1. The average Bonchev–Trinajstić information content (AvgIpc) is 3.46. The number of nitrogens with zero attached hydrogens (tertiary/aromatic N) is 3. The zero-order valence-electron chi connectivity index (χ0n) is 16.5. The summed E-state index contributed by atoms with van der Waals surface area (Å²) in [6, 6.07) is 3.59. The van der Waals surface area contributed by atoms with E-state index in [0.29, 0.717) is 5.76 Å². The van der Waals surface area contributed by atoms with E-state index in [-0.39, 0.29) is 36.4 Å². The Morgan fingerprint density at radius 3 is 2.79 bits per heavy atom. The molecule has 0 bridgehead atoms. The van der Waals surface area contributed by atoms with Crippen molar-refractivity contribution in [2.75, 3.05) is 7.11 Å². The molecule has 2 aromatic heterocycles. The Labute approximate surface area is 168 Å². The molecule has 2 amide bonds. The van der Waals surface area contributed by atoms with Crippen LogP contribution in [0.3, 0.4) is 0 Å². The Bertz CT molecular complexity index is 929. The first kappa shape index (κ1) is 19.2. The van der Waals surface area contributed by atoms with E-state index < -0.39 is 17.4 Å². The van der Waals surface area contributed by atoms with E-state index >= 15 is 0 Å². The quantitative estimate of drug-likeness (QED) is 0.766. The van der Waals surface area contributed by atoms with Crippen molar-refractivity contribution >= 4 is 17.8 Å². The van der Waals surface area contributed by atoms with Crippen molar-refractivity contribution in [3.05, 3.63) is 41.9 Å². The van der Waals surface area contributed by atoms with Crippen molar-refractivity contribution in [1.29, 1.82) is 0 Å². The van der Waals surface area contributed by atoms with Gasteiger partial charge in [0.1, 0.15) is 17.0 Å². The highest BCUT2D eigenvalue weighted by atomic mass is 16.5. The van der Waals surface area contributed by atoms with Gasteiger partial charge in [0, 0.05) is 6.04 Å². The lowest BCUT2D eigenvalue weighted by Gasteiger charge is -2.43. The molecular weight excluding hydrogens is 376 g/mol. The molecule has 1 aliphatic heterocycles. The lowest BCUT2D eigenvalue weighted by Crippen LogP contribution is -2.64. The largest absolute Gasteiger partial charge is 0.467 e. The fraction of sp³-hybridized carbons (Fsp3) is 0.500. The van der Waals surface area contributed by atoms with Gasteiger partial charge >= 0.3 is 5.97 Å². The average molecular weight is 400 g/mol. The van der Waals surface area contributed by atoms with Crippen LogP contribution < -0.4 is 5.32 Å². The third kappa shape index (κ3) is 3.30. The number of hydrogen-bond donors (Lipinski definition) is 1. The highest BCUT2D eigenvalue weighted by Gasteiger charge is 2.49. The predicted octanol–water partition coefficient (Wildman–Crippen LogP) is 1.74. The maximum absolute atomic E-state index is 13.4. The van der Waals surface area contributed by atoms with E-state index in [2.05, 4.69) is 10.3 Å². The molecule has 0 radical (unpaired) electrons. The number of hydrogen-bond acceptors (Lipinski definition) is 6. The zero-order valence-corrected chi connectivity index (χ0v) is 16.5. The van der Waals surface area contributed by atoms with Crippen LogP contribution in [0.15, 0.2) is 29.1 Å². The van der Waals surface area contributed by atoms with Gasteiger partial charge in [-0.3, -0.25) is 9.59 Å². The number of imidazole rings is 1. The SMILES string of the molecule is COC(=O)c1ncn2c1C(=O)N(Cc1ccco1)[C@@](C)(C(=O)NC1CCCC1)C2. The van der Waals surface area contributed by atoms with Crippen LogP contribution in [0.2, 0.25) is 0 Å². The number of amides is 2. The van der Waals surface area contributed by atoms with E-state index in [1.165, 1.54) is 24.6 Å². The van der Waals surface area contributed by atoms with Gasteiger partial charge in [0.2, 0.25) is 5.91 Å². The van der Waals surface area contributed by atoms with Gasteiger partial charge in [-0.05, 0) is 31.9 Å². The molecule has 0 aromatic carbocycles. The molecule has 9 nitrogen and oxygen atoms in total. The molecule has 0 saturated heterocycles. The van der Waals surface area contributed by atoms with Gasteiger partial charge in [-0.15, -0.1) is 0 Å². The molecule has 0 spiro atoms. The molecule has 1 saturated carbocycles. The maximum Gasteiger partial charge on any atom is 0.359 e. The van der Waals surface area contributed by atoms with Gasteiger partial charge in [-0.25, -0.2) is 9.78 Å². The monoisotopic (exact) mass is 400 g/mol. The van der Waals surface area contributed by atoms with E-state index in [1.807, 2.05) is 0 Å². The first-order chi connectivity index (χ1) is 13.9. The molecule has 3 heterocycles. The number of aromatic nitrogens is 2. The standard InChI is InChI=1S/C20H24N4O5/c1-20(19(27)22-13-6-3-4-7-13)11-23-12-21-15(18(26)28-2)16(23)17(25)24(20)10-14-8-5-9-29-14/h5,8-9,12-13H,3-4,6-7,10-11H2,1-2H3,(H,22,27)/t20-/m1/s1. The highest BCUT2D eigenvalue weighted by molar-refractivity contribution is 6.06. The van der Waals surface area contributed by atoms with Crippen molar-refractivity contribution in [2.24, 2.45) is 0 Å². The van der Waals surface area contributed by atoms with E-state index in [0.717, 1.165) is 25.7 Å². The third-order valence-corrected chi connectivity index (χ3v) is 5.81. The Balaban J connectivity index is 1.72. The molecule has 1 atom stereocenters. The van der Waals surface area contributed by atoms with E-state index in [9.17, 15) is 14.4 Å². The zero-order chi connectivity index (χ0) is 20.6. The number of esters is 1. The van der Waals surface area contributed by atoms with Crippen molar-refractivity contribution in [3.63, 3.8) is 0 Å². The molecule has 2 aromatic rings. The second-order valence-electron chi connectivity index (χ2n) is 7.76. The lowest BCUT2D eigenvalue weighted by atomic mass is 9.93. The smallest absolute Gasteiger partial charge is 0.359 e. The molecule has 4 rings (SSSR count). The first-order valence-corrected chi connectivity index (χ1v) is 9.73. The first-order valence-electron chi connectivity index (χ1n) is 9.73. The minimum atomic E-state index is -1.16. The molecule has 9 heteroatoms. The number of ether oxygens (including phenoxy) is 1. The fourth-order valence-corrected chi connectivity index (χ4v) is 4.15. The van der Waals surface area contributed by atoms with Crippen LogP contribution in [0.25, 0.3) is 0 Å². The van der Waals surface area contributed by atoms with Crippen molar-refractivity contribution in [3.8, 4) is 0 Å². The summed E-state index contributed by atoms with van der Waals surface area (Å²) in [7, 11) is 1.24.